The first-order chi connectivity index (χ1) is 13.9. The number of nitrogens with two attached hydrogens (primary N) is 3. The van der Waals surface area contributed by atoms with Crippen molar-refractivity contribution >= 4 is 17.3 Å². The van der Waals surface area contributed by atoms with Gasteiger partial charge < -0.3 is 16.5 Å². The van der Waals surface area contributed by atoms with Crippen molar-refractivity contribution in [2.24, 2.45) is 11.6 Å². The van der Waals surface area contributed by atoms with Crippen molar-refractivity contribution in [1.29, 1.82) is 0 Å². The standard InChI is InChI=1S/C13H17F3N4O.C7H6F2/c1-2-20(19)11(5-6-13(14,15)16)9-4-3-8(12(18)21)7-10(9)17;1-5-3-2-4-6(8)7(5)9/h3-5,7H,2,6,17,19H2,1H3,(H2,18,21);2-4H,1H3/b11-5-;. The molecule has 0 aliphatic rings. The third kappa shape index (κ3) is 7.36. The van der Waals surface area contributed by atoms with Crippen LogP contribution >= 0.6 is 0 Å². The molecular formula is C20H23F5N4O. The number of amides is 1. The number of aryl methyl sites for hydroxylation is 1. The molecule has 5 nitrogen and oxygen atoms in total. The summed E-state index contributed by atoms with van der Waals surface area (Å²) in [6.45, 7) is 3.51. The maximum atomic E-state index is 12.4. The number of primary amides is 1. The van der Waals surface area contributed by atoms with Crippen LogP contribution in [0.1, 0.15) is 34.8 Å². The van der Waals surface area contributed by atoms with Crippen molar-refractivity contribution in [3.05, 3.63) is 70.8 Å². The molecule has 0 fully saturated rings. The number of allylic oxidation sites excluding steroid dienone is 1. The number of nitrogens with zero attached hydrogens (tertiary/aromatic N) is 1. The van der Waals surface area contributed by atoms with Gasteiger partial charge in [-0.05, 0) is 43.7 Å². The summed E-state index contributed by atoms with van der Waals surface area (Å²) in [6, 6.07) is 8.23. The first-order valence-electron chi connectivity index (χ1n) is 8.76. The minimum atomic E-state index is -4.35. The Labute approximate surface area is 170 Å². The lowest BCUT2D eigenvalue weighted by Crippen LogP contribution is -2.29. The first-order valence-corrected chi connectivity index (χ1v) is 8.76. The molecule has 0 atom stereocenters. The number of benzene rings is 2. The van der Waals surface area contributed by atoms with Gasteiger partial charge in [0.1, 0.15) is 0 Å². The van der Waals surface area contributed by atoms with E-state index >= 15 is 0 Å². The van der Waals surface area contributed by atoms with Crippen LogP contribution in [-0.4, -0.2) is 23.6 Å². The fraction of sp³-hybridized carbons (Fsp3) is 0.250. The monoisotopic (exact) mass is 430 g/mol. The Bertz CT molecular complexity index is 892. The van der Waals surface area contributed by atoms with Crippen molar-refractivity contribution in [3.63, 3.8) is 0 Å². The number of nitrogen functional groups attached to an aromatic ring is 1. The third-order valence-electron chi connectivity index (χ3n) is 3.93. The van der Waals surface area contributed by atoms with Crippen molar-refractivity contribution in [2.45, 2.75) is 26.4 Å². The van der Waals surface area contributed by atoms with E-state index in [2.05, 4.69) is 0 Å². The molecule has 164 valence electrons. The second-order valence-electron chi connectivity index (χ2n) is 6.23. The zero-order valence-corrected chi connectivity index (χ0v) is 16.4. The van der Waals surface area contributed by atoms with Crippen molar-refractivity contribution in [2.75, 3.05) is 12.3 Å². The maximum Gasteiger partial charge on any atom is 0.392 e. The van der Waals surface area contributed by atoms with E-state index in [1.165, 1.54) is 37.3 Å². The second kappa shape index (κ2) is 10.6. The van der Waals surface area contributed by atoms with Crippen LogP contribution in [0.3, 0.4) is 0 Å². The highest BCUT2D eigenvalue weighted by molar-refractivity contribution is 5.94. The number of hydrogen-bond donors (Lipinski definition) is 3. The van der Waals surface area contributed by atoms with Gasteiger partial charge in [-0.2, -0.15) is 13.2 Å². The van der Waals surface area contributed by atoms with Gasteiger partial charge in [0, 0.05) is 23.4 Å². The van der Waals surface area contributed by atoms with E-state index in [9.17, 15) is 26.7 Å². The molecular weight excluding hydrogens is 407 g/mol. The molecule has 0 aromatic heterocycles. The predicted octanol–water partition coefficient (Wildman–Crippen LogP) is 4.13. The number of halogens is 5. The van der Waals surface area contributed by atoms with Crippen molar-refractivity contribution in [1.82, 2.24) is 5.01 Å². The summed E-state index contributed by atoms with van der Waals surface area (Å²) >= 11 is 0. The van der Waals surface area contributed by atoms with E-state index in [1.807, 2.05) is 0 Å². The van der Waals surface area contributed by atoms with Gasteiger partial charge in [-0.3, -0.25) is 4.79 Å². The van der Waals surface area contributed by atoms with Crippen LogP contribution in [0.25, 0.3) is 5.70 Å². The van der Waals surface area contributed by atoms with Gasteiger partial charge in [0.25, 0.3) is 0 Å². The molecule has 2 aromatic rings. The van der Waals surface area contributed by atoms with Crippen LogP contribution in [0.5, 0.6) is 0 Å². The van der Waals surface area contributed by atoms with E-state index in [1.54, 1.807) is 6.92 Å². The lowest BCUT2D eigenvalue weighted by molar-refractivity contribution is -0.125. The molecule has 0 aliphatic heterocycles. The Morgan fingerprint density at radius 3 is 2.23 bits per heavy atom. The predicted molar refractivity (Wildman–Crippen MR) is 106 cm³/mol. The highest BCUT2D eigenvalue weighted by Gasteiger charge is 2.26. The molecule has 0 aliphatic carbocycles. The summed E-state index contributed by atoms with van der Waals surface area (Å²) in [5.74, 6) is 3.49. The average Bonchev–Trinajstić information content (AvgIpc) is 2.66. The highest BCUT2D eigenvalue weighted by Crippen LogP contribution is 2.28. The Morgan fingerprint density at radius 2 is 1.80 bits per heavy atom. The molecule has 0 heterocycles. The lowest BCUT2D eigenvalue weighted by Gasteiger charge is -2.22. The molecule has 0 unspecified atom stereocenters. The lowest BCUT2D eigenvalue weighted by atomic mass is 10.0. The van der Waals surface area contributed by atoms with Crippen LogP contribution in [0, 0.1) is 18.6 Å². The third-order valence-corrected chi connectivity index (χ3v) is 3.93. The molecule has 0 saturated carbocycles. The number of carbonyl (C=O) groups excluding carboxylic acids is 1. The van der Waals surface area contributed by atoms with Crippen LogP contribution in [0.2, 0.25) is 0 Å². The first kappa shape index (κ1) is 24.9. The molecule has 0 bridgehead atoms. The van der Waals surface area contributed by atoms with Gasteiger partial charge >= 0.3 is 6.18 Å². The number of carbonyl (C=O) groups is 1. The summed E-state index contributed by atoms with van der Waals surface area (Å²) in [6.07, 6.45) is -4.52. The smallest absolute Gasteiger partial charge is 0.392 e. The number of anilines is 1. The fourth-order valence-electron chi connectivity index (χ4n) is 2.33. The molecule has 0 spiro atoms. The number of rotatable bonds is 5. The summed E-state index contributed by atoms with van der Waals surface area (Å²) in [5, 5.41) is 1.15. The van der Waals surface area contributed by atoms with Gasteiger partial charge in [-0.1, -0.05) is 18.2 Å². The SMILES string of the molecule is CCN(N)/C(=C\CC(F)(F)F)c1ccc(C(N)=O)cc1N.Cc1cccc(F)c1F. The van der Waals surface area contributed by atoms with Crippen LogP contribution in [0.4, 0.5) is 27.6 Å². The fourth-order valence-corrected chi connectivity index (χ4v) is 2.33. The quantitative estimate of drug-likeness (QED) is 0.288. The molecule has 2 rings (SSSR count). The zero-order valence-electron chi connectivity index (χ0n) is 16.4. The minimum Gasteiger partial charge on any atom is -0.398 e. The van der Waals surface area contributed by atoms with E-state index < -0.39 is 30.1 Å². The van der Waals surface area contributed by atoms with E-state index in [4.69, 9.17) is 17.3 Å². The van der Waals surface area contributed by atoms with Gasteiger partial charge in [0.2, 0.25) is 5.91 Å². The van der Waals surface area contributed by atoms with Crippen molar-refractivity contribution in [3.8, 4) is 0 Å². The Hall–Kier alpha value is -3.14. The topological polar surface area (TPSA) is 98.4 Å². The zero-order chi connectivity index (χ0) is 23.1. The van der Waals surface area contributed by atoms with Gasteiger partial charge in [-0.15, -0.1) is 0 Å². The Kier molecular flexibility index (Phi) is 8.78. The van der Waals surface area contributed by atoms with Crippen LogP contribution < -0.4 is 17.3 Å². The molecule has 2 aromatic carbocycles. The summed E-state index contributed by atoms with van der Waals surface area (Å²) in [7, 11) is 0. The molecule has 10 heteroatoms. The Balaban J connectivity index is 0.000000414. The Morgan fingerprint density at radius 1 is 1.17 bits per heavy atom. The summed E-state index contributed by atoms with van der Waals surface area (Å²) < 4.78 is 61.7. The van der Waals surface area contributed by atoms with E-state index in [-0.39, 0.29) is 16.9 Å². The van der Waals surface area contributed by atoms with Crippen LogP contribution in [0.15, 0.2) is 42.5 Å². The second-order valence-corrected chi connectivity index (χ2v) is 6.23. The molecule has 0 radical (unpaired) electrons. The number of hydrogen-bond acceptors (Lipinski definition) is 4. The van der Waals surface area contributed by atoms with E-state index in [0.29, 0.717) is 17.7 Å². The summed E-state index contributed by atoms with van der Waals surface area (Å²) in [4.78, 5) is 11.0. The molecule has 0 saturated heterocycles. The maximum absolute atomic E-state index is 12.4. The number of alkyl halides is 3. The largest absolute Gasteiger partial charge is 0.398 e. The molecule has 30 heavy (non-hydrogen) atoms. The van der Waals surface area contributed by atoms with E-state index in [0.717, 1.165) is 17.2 Å². The average molecular weight is 430 g/mol. The minimum absolute atomic E-state index is 0.128. The van der Waals surface area contributed by atoms with Crippen molar-refractivity contribution < 1.29 is 26.7 Å². The normalized spacial score (nSPS) is 11.5. The van der Waals surface area contributed by atoms with Gasteiger partial charge in [-0.25, -0.2) is 14.6 Å². The highest BCUT2D eigenvalue weighted by atomic mass is 19.4. The van der Waals surface area contributed by atoms with Crippen LogP contribution in [-0.2, 0) is 0 Å². The number of hydrazine groups is 1. The molecule has 6 N–H and O–H groups in total. The van der Waals surface area contributed by atoms with Gasteiger partial charge in [0.05, 0.1) is 12.1 Å². The molecule has 1 amide bonds. The summed E-state index contributed by atoms with van der Waals surface area (Å²) in [5.41, 5.74) is 12.0. The van der Waals surface area contributed by atoms with Gasteiger partial charge in [0.15, 0.2) is 11.6 Å².